The highest BCUT2D eigenvalue weighted by Gasteiger charge is 2.36. The number of aliphatic hydroxyl groups is 1. The van der Waals surface area contributed by atoms with Gasteiger partial charge in [-0.05, 0) is 6.07 Å². The first-order valence-corrected chi connectivity index (χ1v) is 8.72. The van der Waals surface area contributed by atoms with Gasteiger partial charge < -0.3 is 25.8 Å². The summed E-state index contributed by atoms with van der Waals surface area (Å²) in [6, 6.07) is 14.7. The second-order valence-electron chi connectivity index (χ2n) is 6.26. The van der Waals surface area contributed by atoms with Crippen LogP contribution in [0.1, 0.15) is 22.8 Å². The molecular formula is C20H19N3O4. The summed E-state index contributed by atoms with van der Waals surface area (Å²) >= 11 is 0. The number of para-hydroxylation sites is 1. The van der Waals surface area contributed by atoms with Gasteiger partial charge in [0.1, 0.15) is 11.9 Å². The number of fused-ring (bicyclic) bond motifs is 2. The number of hydrogen-bond acceptors (Lipinski definition) is 4. The van der Waals surface area contributed by atoms with Crippen molar-refractivity contribution in [1.82, 2.24) is 10.6 Å². The number of carbonyl (C=O) groups excluding carboxylic acids is 2. The minimum absolute atomic E-state index is 0.124. The van der Waals surface area contributed by atoms with E-state index < -0.39 is 6.10 Å². The van der Waals surface area contributed by atoms with Crippen molar-refractivity contribution in [2.75, 3.05) is 25.0 Å². The molecule has 7 heteroatoms. The molecule has 1 atom stereocenters. The van der Waals surface area contributed by atoms with Crippen molar-refractivity contribution in [3.05, 3.63) is 65.2 Å². The van der Waals surface area contributed by atoms with E-state index in [1.165, 1.54) is 0 Å². The molecule has 27 heavy (non-hydrogen) atoms. The quantitative estimate of drug-likeness (QED) is 0.622. The Morgan fingerprint density at radius 1 is 1.07 bits per heavy atom. The number of anilines is 1. The predicted octanol–water partition coefficient (Wildman–Crippen LogP) is 1.87. The zero-order valence-electron chi connectivity index (χ0n) is 14.5. The van der Waals surface area contributed by atoms with Crippen molar-refractivity contribution in [2.45, 2.75) is 6.10 Å². The lowest BCUT2D eigenvalue weighted by Crippen LogP contribution is -2.39. The fourth-order valence-corrected chi connectivity index (χ4v) is 3.36. The Balaban J connectivity index is 1.65. The average molecular weight is 365 g/mol. The van der Waals surface area contributed by atoms with Gasteiger partial charge in [-0.15, -0.1) is 0 Å². The standard InChI is InChI=1S/C20H19N3O4/c24-10-9-21-20(26)22-11-16-12-5-1-2-6-13(12)18(27-16)17-14-7-3-4-8-15(14)23-19(17)25/h1-8,16,24H,9-11H2,(H,23,25)(H2,21,22,26)/b18-17+. The molecule has 1 unspecified atom stereocenters. The third-order valence-electron chi connectivity index (χ3n) is 4.56. The molecule has 0 saturated heterocycles. The van der Waals surface area contributed by atoms with E-state index in [1.807, 2.05) is 48.5 Å². The largest absolute Gasteiger partial charge is 0.482 e. The van der Waals surface area contributed by atoms with Gasteiger partial charge in [-0.2, -0.15) is 0 Å². The molecule has 0 aliphatic carbocycles. The first kappa shape index (κ1) is 17.1. The highest BCUT2D eigenvalue weighted by atomic mass is 16.5. The molecule has 2 aromatic rings. The van der Waals surface area contributed by atoms with Crippen molar-refractivity contribution in [3.63, 3.8) is 0 Å². The van der Waals surface area contributed by atoms with Gasteiger partial charge in [-0.25, -0.2) is 4.79 Å². The van der Waals surface area contributed by atoms with Crippen LogP contribution in [0.15, 0.2) is 48.5 Å². The molecule has 2 aliphatic rings. The molecule has 0 bridgehead atoms. The zero-order chi connectivity index (χ0) is 18.8. The lowest BCUT2D eigenvalue weighted by atomic mass is 9.99. The first-order valence-electron chi connectivity index (χ1n) is 8.72. The van der Waals surface area contributed by atoms with Crippen LogP contribution in [-0.4, -0.2) is 36.7 Å². The SMILES string of the molecule is O=C(NCCO)NCC1O/C(=C2/C(=O)Nc3ccccc32)c2ccccc21. The average Bonchev–Trinajstić information content (AvgIpc) is 3.21. The Kier molecular flexibility index (Phi) is 4.52. The predicted molar refractivity (Wildman–Crippen MR) is 101 cm³/mol. The van der Waals surface area contributed by atoms with Crippen LogP contribution in [0.25, 0.3) is 11.3 Å². The van der Waals surface area contributed by atoms with Gasteiger partial charge in [0.2, 0.25) is 0 Å². The molecule has 0 spiro atoms. The van der Waals surface area contributed by atoms with E-state index in [0.29, 0.717) is 11.3 Å². The Morgan fingerprint density at radius 3 is 2.63 bits per heavy atom. The summed E-state index contributed by atoms with van der Waals surface area (Å²) in [7, 11) is 0. The second-order valence-corrected chi connectivity index (χ2v) is 6.26. The number of rotatable bonds is 4. The summed E-state index contributed by atoms with van der Waals surface area (Å²) in [6.07, 6.45) is -0.399. The van der Waals surface area contributed by atoms with Crippen LogP contribution in [0, 0.1) is 0 Å². The van der Waals surface area contributed by atoms with Crippen LogP contribution in [0.4, 0.5) is 10.5 Å². The van der Waals surface area contributed by atoms with Crippen molar-refractivity contribution in [1.29, 1.82) is 0 Å². The van der Waals surface area contributed by atoms with Crippen molar-refractivity contribution < 1.29 is 19.4 Å². The van der Waals surface area contributed by atoms with Gasteiger partial charge in [0.05, 0.1) is 18.7 Å². The monoisotopic (exact) mass is 365 g/mol. The van der Waals surface area contributed by atoms with E-state index in [4.69, 9.17) is 9.84 Å². The first-order chi connectivity index (χ1) is 13.2. The molecule has 3 amide bonds. The van der Waals surface area contributed by atoms with Crippen LogP contribution in [0.2, 0.25) is 0 Å². The maximum Gasteiger partial charge on any atom is 0.315 e. The Morgan fingerprint density at radius 2 is 1.81 bits per heavy atom. The molecule has 2 aliphatic heterocycles. The molecule has 138 valence electrons. The minimum Gasteiger partial charge on any atom is -0.482 e. The van der Waals surface area contributed by atoms with Gasteiger partial charge in [0.25, 0.3) is 5.91 Å². The number of ether oxygens (including phenoxy) is 1. The molecule has 2 heterocycles. The number of aliphatic hydroxyl groups excluding tert-OH is 1. The number of carbonyl (C=O) groups is 2. The normalized spacial score (nSPS) is 19.7. The van der Waals surface area contributed by atoms with Crippen molar-refractivity contribution in [2.24, 2.45) is 0 Å². The van der Waals surface area contributed by atoms with Gasteiger partial charge in [-0.3, -0.25) is 4.79 Å². The van der Waals surface area contributed by atoms with Gasteiger partial charge >= 0.3 is 6.03 Å². The summed E-state index contributed by atoms with van der Waals surface area (Å²) in [6.45, 7) is 0.301. The van der Waals surface area contributed by atoms with Crippen LogP contribution >= 0.6 is 0 Å². The maximum absolute atomic E-state index is 12.6. The molecule has 0 aromatic heterocycles. The summed E-state index contributed by atoms with van der Waals surface area (Å²) in [4.78, 5) is 24.3. The van der Waals surface area contributed by atoms with E-state index in [0.717, 1.165) is 22.4 Å². The summed E-state index contributed by atoms with van der Waals surface area (Å²) < 4.78 is 6.12. The van der Waals surface area contributed by atoms with Crippen molar-refractivity contribution in [3.8, 4) is 0 Å². The van der Waals surface area contributed by atoms with E-state index in [2.05, 4.69) is 16.0 Å². The smallest absolute Gasteiger partial charge is 0.315 e. The highest BCUT2D eigenvalue weighted by molar-refractivity contribution is 6.36. The maximum atomic E-state index is 12.6. The van der Waals surface area contributed by atoms with E-state index in [-0.39, 0.29) is 31.6 Å². The molecule has 0 radical (unpaired) electrons. The van der Waals surface area contributed by atoms with Crippen LogP contribution in [0.5, 0.6) is 0 Å². The molecule has 7 nitrogen and oxygen atoms in total. The lowest BCUT2D eigenvalue weighted by molar-refractivity contribution is -0.110. The highest BCUT2D eigenvalue weighted by Crippen LogP contribution is 2.45. The molecule has 0 fully saturated rings. The molecular weight excluding hydrogens is 346 g/mol. The number of benzene rings is 2. The number of nitrogens with one attached hydrogen (secondary N) is 3. The zero-order valence-corrected chi connectivity index (χ0v) is 14.5. The molecule has 2 aromatic carbocycles. The van der Waals surface area contributed by atoms with Gasteiger partial charge in [0, 0.05) is 28.9 Å². The minimum atomic E-state index is -0.399. The Hall–Kier alpha value is -3.32. The second kappa shape index (κ2) is 7.13. The number of amides is 3. The topological polar surface area (TPSA) is 99.7 Å². The van der Waals surface area contributed by atoms with E-state index >= 15 is 0 Å². The number of urea groups is 1. The summed E-state index contributed by atoms with van der Waals surface area (Å²) in [5, 5.41) is 16.9. The fourth-order valence-electron chi connectivity index (χ4n) is 3.36. The summed E-state index contributed by atoms with van der Waals surface area (Å²) in [5.41, 5.74) is 3.84. The number of hydrogen-bond donors (Lipinski definition) is 4. The third-order valence-corrected chi connectivity index (χ3v) is 4.56. The molecule has 4 N–H and O–H groups in total. The van der Waals surface area contributed by atoms with Crippen LogP contribution in [0.3, 0.4) is 0 Å². The lowest BCUT2D eigenvalue weighted by Gasteiger charge is -2.14. The third kappa shape index (κ3) is 3.13. The fraction of sp³-hybridized carbons (Fsp3) is 0.200. The van der Waals surface area contributed by atoms with Gasteiger partial charge in [-0.1, -0.05) is 42.5 Å². The van der Waals surface area contributed by atoms with Crippen LogP contribution < -0.4 is 16.0 Å². The van der Waals surface area contributed by atoms with E-state index in [9.17, 15) is 9.59 Å². The van der Waals surface area contributed by atoms with E-state index in [1.54, 1.807) is 0 Å². The molecule has 0 saturated carbocycles. The van der Waals surface area contributed by atoms with Gasteiger partial charge in [0.15, 0.2) is 0 Å². The van der Waals surface area contributed by atoms with Crippen LogP contribution in [-0.2, 0) is 9.53 Å². The Labute approximate surface area is 156 Å². The Bertz CT molecular complexity index is 938. The summed E-state index contributed by atoms with van der Waals surface area (Å²) in [5.74, 6) is 0.325. The molecule has 4 rings (SSSR count). The van der Waals surface area contributed by atoms with Crippen molar-refractivity contribution >= 4 is 29.0 Å².